The van der Waals surface area contributed by atoms with Gasteiger partial charge >= 0.3 is 0 Å². The fourth-order valence-corrected chi connectivity index (χ4v) is 3.00. The summed E-state index contributed by atoms with van der Waals surface area (Å²) in [6.45, 7) is 0. The second kappa shape index (κ2) is 6.36. The molecular weight excluding hydrogens is 260 g/mol. The van der Waals surface area contributed by atoms with Crippen LogP contribution in [0, 0.1) is 0 Å². The van der Waals surface area contributed by atoms with Gasteiger partial charge in [-0.15, -0.1) is 0 Å². The van der Waals surface area contributed by atoms with E-state index in [4.69, 9.17) is 0 Å². The summed E-state index contributed by atoms with van der Waals surface area (Å²) >= 11 is 1.75. The van der Waals surface area contributed by atoms with E-state index in [2.05, 4.69) is 83.6 Å². The number of benzene rings is 2. The summed E-state index contributed by atoms with van der Waals surface area (Å²) in [7, 11) is 0. The van der Waals surface area contributed by atoms with Crippen LogP contribution in [0.15, 0.2) is 83.6 Å². The number of rotatable bonds is 4. The molecule has 0 nitrogen and oxygen atoms in total. The Bertz CT molecular complexity index is 652. The van der Waals surface area contributed by atoms with E-state index in [1.807, 2.05) is 6.07 Å². The molecule has 98 valence electrons. The van der Waals surface area contributed by atoms with Gasteiger partial charge in [-0.2, -0.15) is 11.3 Å². The fourth-order valence-electron chi connectivity index (χ4n) is 2.30. The van der Waals surface area contributed by atoms with Crippen molar-refractivity contribution in [2.45, 2.75) is 5.92 Å². The summed E-state index contributed by atoms with van der Waals surface area (Å²) < 4.78 is 0. The summed E-state index contributed by atoms with van der Waals surface area (Å²) in [6, 6.07) is 23.3. The molecule has 0 bridgehead atoms. The number of allylic oxidation sites excluding steroid dienone is 1. The molecule has 1 atom stereocenters. The molecular formula is C19H16S. The average Bonchev–Trinajstić information content (AvgIpc) is 3.04. The molecule has 0 radical (unpaired) electrons. The van der Waals surface area contributed by atoms with Crippen molar-refractivity contribution in [2.75, 3.05) is 0 Å². The Kier molecular flexibility index (Phi) is 4.10. The topological polar surface area (TPSA) is 0 Å². The highest BCUT2D eigenvalue weighted by Crippen LogP contribution is 2.28. The second-order valence-corrected chi connectivity index (χ2v) is 5.49. The van der Waals surface area contributed by atoms with E-state index < -0.39 is 0 Å². The van der Waals surface area contributed by atoms with E-state index in [0.717, 1.165) is 0 Å². The third kappa shape index (κ3) is 3.06. The van der Waals surface area contributed by atoms with Crippen LogP contribution in [-0.2, 0) is 0 Å². The molecule has 0 N–H and O–H groups in total. The first kappa shape index (κ1) is 12.9. The second-order valence-electron chi connectivity index (χ2n) is 4.71. The molecule has 1 heteroatoms. The summed E-state index contributed by atoms with van der Waals surface area (Å²) in [5, 5.41) is 4.37. The van der Waals surface area contributed by atoms with Crippen LogP contribution in [0.5, 0.6) is 0 Å². The van der Waals surface area contributed by atoms with E-state index in [-0.39, 0.29) is 0 Å². The third-order valence-electron chi connectivity index (χ3n) is 3.34. The van der Waals surface area contributed by atoms with Crippen LogP contribution >= 0.6 is 11.3 Å². The number of thiophene rings is 1. The third-order valence-corrected chi connectivity index (χ3v) is 4.04. The Labute approximate surface area is 124 Å². The zero-order valence-corrected chi connectivity index (χ0v) is 12.0. The van der Waals surface area contributed by atoms with Gasteiger partial charge in [-0.25, -0.2) is 0 Å². The zero-order chi connectivity index (χ0) is 13.6. The van der Waals surface area contributed by atoms with Gasteiger partial charge in [0.05, 0.1) is 0 Å². The van der Waals surface area contributed by atoms with E-state index >= 15 is 0 Å². The molecule has 0 amide bonds. The van der Waals surface area contributed by atoms with Crippen molar-refractivity contribution < 1.29 is 0 Å². The van der Waals surface area contributed by atoms with Crippen molar-refractivity contribution >= 4 is 17.4 Å². The Morgan fingerprint density at radius 2 is 1.45 bits per heavy atom. The van der Waals surface area contributed by atoms with Gasteiger partial charge in [-0.3, -0.25) is 0 Å². The summed E-state index contributed by atoms with van der Waals surface area (Å²) in [5.41, 5.74) is 3.93. The molecule has 1 aromatic heterocycles. The van der Waals surface area contributed by atoms with Gasteiger partial charge in [0.25, 0.3) is 0 Å². The predicted octanol–water partition coefficient (Wildman–Crippen LogP) is 5.59. The van der Waals surface area contributed by atoms with E-state index in [0.29, 0.717) is 5.92 Å². The van der Waals surface area contributed by atoms with Crippen LogP contribution < -0.4 is 0 Å². The molecule has 0 fully saturated rings. The lowest BCUT2D eigenvalue weighted by atomic mass is 9.92. The number of hydrogen-bond acceptors (Lipinski definition) is 1. The van der Waals surface area contributed by atoms with Crippen molar-refractivity contribution in [3.8, 4) is 0 Å². The van der Waals surface area contributed by atoms with Crippen LogP contribution in [0.3, 0.4) is 0 Å². The number of hydrogen-bond donors (Lipinski definition) is 0. The molecule has 0 aliphatic heterocycles. The summed E-state index contributed by atoms with van der Waals surface area (Å²) in [4.78, 5) is 0. The molecule has 0 aliphatic carbocycles. The monoisotopic (exact) mass is 276 g/mol. The van der Waals surface area contributed by atoms with E-state index in [9.17, 15) is 0 Å². The first-order valence-corrected chi connectivity index (χ1v) is 7.68. The van der Waals surface area contributed by atoms with Gasteiger partial charge in [0.15, 0.2) is 0 Å². The molecule has 0 saturated carbocycles. The van der Waals surface area contributed by atoms with Crippen LogP contribution in [0.4, 0.5) is 0 Å². The lowest BCUT2D eigenvalue weighted by Crippen LogP contribution is -1.95. The predicted molar refractivity (Wildman–Crippen MR) is 88.1 cm³/mol. The van der Waals surface area contributed by atoms with Crippen molar-refractivity contribution in [1.82, 2.24) is 0 Å². The van der Waals surface area contributed by atoms with Crippen LogP contribution in [0.2, 0.25) is 0 Å². The van der Waals surface area contributed by atoms with Crippen LogP contribution in [0.1, 0.15) is 22.6 Å². The summed E-state index contributed by atoms with van der Waals surface area (Å²) in [5.74, 6) is 0.322. The fraction of sp³-hybridized carbons (Fsp3) is 0.0526. The van der Waals surface area contributed by atoms with Crippen LogP contribution in [0.25, 0.3) is 6.08 Å². The van der Waals surface area contributed by atoms with Crippen molar-refractivity contribution in [3.05, 3.63) is 100 Å². The van der Waals surface area contributed by atoms with E-state index in [1.165, 1.54) is 16.7 Å². The maximum atomic E-state index is 2.28. The van der Waals surface area contributed by atoms with E-state index in [1.54, 1.807) is 11.3 Å². The lowest BCUT2D eigenvalue weighted by Gasteiger charge is -2.11. The minimum Gasteiger partial charge on any atom is -0.152 e. The SMILES string of the molecule is C(=C\C(c1ccccc1)c1ccsc1)/c1ccccc1. The van der Waals surface area contributed by atoms with Crippen molar-refractivity contribution in [1.29, 1.82) is 0 Å². The van der Waals surface area contributed by atoms with Gasteiger partial charge < -0.3 is 0 Å². The maximum Gasteiger partial charge on any atom is 0.0281 e. The smallest absolute Gasteiger partial charge is 0.0281 e. The molecule has 20 heavy (non-hydrogen) atoms. The average molecular weight is 276 g/mol. The molecule has 0 spiro atoms. The van der Waals surface area contributed by atoms with Gasteiger partial charge in [-0.05, 0) is 33.5 Å². The van der Waals surface area contributed by atoms with Crippen molar-refractivity contribution in [2.24, 2.45) is 0 Å². The zero-order valence-electron chi connectivity index (χ0n) is 11.1. The summed E-state index contributed by atoms with van der Waals surface area (Å²) in [6.07, 6.45) is 4.49. The molecule has 0 aliphatic rings. The first-order valence-electron chi connectivity index (χ1n) is 6.74. The maximum absolute atomic E-state index is 2.28. The lowest BCUT2D eigenvalue weighted by molar-refractivity contribution is 1.04. The molecule has 1 heterocycles. The van der Waals surface area contributed by atoms with Gasteiger partial charge in [0.1, 0.15) is 0 Å². The Morgan fingerprint density at radius 3 is 2.10 bits per heavy atom. The Balaban J connectivity index is 1.93. The largest absolute Gasteiger partial charge is 0.152 e. The molecule has 0 saturated heterocycles. The minimum absolute atomic E-state index is 0.322. The normalized spacial score (nSPS) is 12.6. The van der Waals surface area contributed by atoms with Crippen molar-refractivity contribution in [3.63, 3.8) is 0 Å². The molecule has 1 unspecified atom stereocenters. The minimum atomic E-state index is 0.322. The Morgan fingerprint density at radius 1 is 0.750 bits per heavy atom. The highest BCUT2D eigenvalue weighted by atomic mass is 32.1. The highest BCUT2D eigenvalue weighted by molar-refractivity contribution is 7.08. The quantitative estimate of drug-likeness (QED) is 0.582. The standard InChI is InChI=1S/C19H16S/c1-3-7-16(8-4-1)11-12-19(18-13-14-20-15-18)17-9-5-2-6-10-17/h1-15,19H/b12-11+. The highest BCUT2D eigenvalue weighted by Gasteiger charge is 2.10. The van der Waals surface area contributed by atoms with Gasteiger partial charge in [0, 0.05) is 5.92 Å². The van der Waals surface area contributed by atoms with Gasteiger partial charge in [-0.1, -0.05) is 72.8 Å². The molecule has 3 rings (SSSR count). The Hall–Kier alpha value is -2.12. The molecule has 3 aromatic rings. The van der Waals surface area contributed by atoms with Crippen LogP contribution in [-0.4, -0.2) is 0 Å². The first-order chi connectivity index (χ1) is 9.93. The van der Waals surface area contributed by atoms with Gasteiger partial charge in [0.2, 0.25) is 0 Å². The molecule has 2 aromatic carbocycles.